The molecular weight excluding hydrogens is 378 g/mol. The van der Waals surface area contributed by atoms with Crippen LogP contribution in [0.5, 0.6) is 0 Å². The molecule has 0 aromatic heterocycles. The highest BCUT2D eigenvalue weighted by atomic mass is 16.2. The molecule has 0 bridgehead atoms. The zero-order valence-electron chi connectivity index (χ0n) is 17.0. The summed E-state index contributed by atoms with van der Waals surface area (Å²) >= 11 is 0. The molecule has 1 saturated heterocycles. The van der Waals surface area contributed by atoms with E-state index in [2.05, 4.69) is 34.9 Å². The van der Waals surface area contributed by atoms with Gasteiger partial charge in [-0.2, -0.15) is 0 Å². The Morgan fingerprint density at radius 2 is 1.53 bits per heavy atom. The highest BCUT2D eigenvalue weighted by Crippen LogP contribution is 2.35. The van der Waals surface area contributed by atoms with Crippen LogP contribution >= 0.6 is 0 Å². The van der Waals surface area contributed by atoms with E-state index < -0.39 is 11.6 Å². The van der Waals surface area contributed by atoms with E-state index in [9.17, 15) is 14.4 Å². The van der Waals surface area contributed by atoms with E-state index in [1.165, 1.54) is 11.1 Å². The first-order chi connectivity index (χ1) is 14.6. The van der Waals surface area contributed by atoms with E-state index in [1.54, 1.807) is 0 Å². The molecule has 1 aliphatic carbocycles. The SMILES string of the molecule is O=C(CN1C(=O)NC2(CCCC2)C1=O)NCCC(c1ccccc1)c1ccccc1. The number of rotatable bonds is 7. The Hall–Kier alpha value is -3.15. The molecule has 2 aromatic rings. The second kappa shape index (κ2) is 8.69. The molecule has 1 heterocycles. The fraction of sp³-hybridized carbons (Fsp3) is 0.375. The third-order valence-corrected chi connectivity index (χ3v) is 6.16. The fourth-order valence-corrected chi connectivity index (χ4v) is 4.59. The number of benzene rings is 2. The van der Waals surface area contributed by atoms with Crippen LogP contribution in [-0.2, 0) is 9.59 Å². The number of hydrogen-bond acceptors (Lipinski definition) is 3. The van der Waals surface area contributed by atoms with E-state index in [-0.39, 0.29) is 24.3 Å². The van der Waals surface area contributed by atoms with Gasteiger partial charge in [-0.1, -0.05) is 73.5 Å². The lowest BCUT2D eigenvalue weighted by atomic mass is 9.88. The van der Waals surface area contributed by atoms with E-state index >= 15 is 0 Å². The van der Waals surface area contributed by atoms with Crippen LogP contribution in [0.4, 0.5) is 4.79 Å². The molecule has 0 atom stereocenters. The van der Waals surface area contributed by atoms with Crippen LogP contribution in [0.2, 0.25) is 0 Å². The van der Waals surface area contributed by atoms with E-state index in [0.717, 1.165) is 24.2 Å². The molecule has 156 valence electrons. The van der Waals surface area contributed by atoms with Gasteiger partial charge in [-0.15, -0.1) is 0 Å². The van der Waals surface area contributed by atoms with Crippen molar-refractivity contribution in [3.8, 4) is 0 Å². The molecule has 1 spiro atoms. The Labute approximate surface area is 176 Å². The van der Waals surface area contributed by atoms with Crippen molar-refractivity contribution in [1.29, 1.82) is 0 Å². The summed E-state index contributed by atoms with van der Waals surface area (Å²) in [6, 6.07) is 19.9. The summed E-state index contributed by atoms with van der Waals surface area (Å²) in [6.07, 6.45) is 3.89. The number of nitrogens with zero attached hydrogens (tertiary/aromatic N) is 1. The standard InChI is InChI=1S/C24H27N3O3/c28-21(17-27-22(29)24(26-23(27)30)14-7-8-15-24)25-16-13-20(18-9-3-1-4-10-18)19-11-5-2-6-12-19/h1-6,9-12,20H,7-8,13-17H2,(H,25,28)(H,26,30). The molecule has 2 aliphatic rings. The summed E-state index contributed by atoms with van der Waals surface area (Å²) in [7, 11) is 0. The summed E-state index contributed by atoms with van der Waals surface area (Å²) in [5.74, 6) is -0.411. The van der Waals surface area contributed by atoms with Crippen molar-refractivity contribution in [2.24, 2.45) is 0 Å². The van der Waals surface area contributed by atoms with Gasteiger partial charge in [0.2, 0.25) is 5.91 Å². The summed E-state index contributed by atoms with van der Waals surface area (Å²) in [5, 5.41) is 5.70. The third-order valence-electron chi connectivity index (χ3n) is 6.16. The zero-order valence-corrected chi connectivity index (χ0v) is 17.0. The molecule has 0 unspecified atom stereocenters. The second-order valence-corrected chi connectivity index (χ2v) is 8.12. The van der Waals surface area contributed by atoms with Crippen molar-refractivity contribution < 1.29 is 14.4 Å². The molecule has 1 saturated carbocycles. The topological polar surface area (TPSA) is 78.5 Å². The van der Waals surface area contributed by atoms with Gasteiger partial charge in [0.25, 0.3) is 5.91 Å². The van der Waals surface area contributed by atoms with Gasteiger partial charge in [-0.05, 0) is 30.4 Å². The Kier molecular flexibility index (Phi) is 5.84. The number of urea groups is 1. The number of hydrogen-bond donors (Lipinski definition) is 2. The third kappa shape index (κ3) is 4.08. The lowest BCUT2D eigenvalue weighted by Gasteiger charge is -2.20. The van der Waals surface area contributed by atoms with Gasteiger partial charge in [0, 0.05) is 12.5 Å². The maximum absolute atomic E-state index is 12.7. The quantitative estimate of drug-likeness (QED) is 0.695. The normalized spacial score (nSPS) is 17.6. The largest absolute Gasteiger partial charge is 0.355 e. The first-order valence-corrected chi connectivity index (χ1v) is 10.6. The van der Waals surface area contributed by atoms with Gasteiger partial charge in [0.05, 0.1) is 0 Å². The zero-order chi connectivity index (χ0) is 21.0. The summed E-state index contributed by atoms with van der Waals surface area (Å²) in [4.78, 5) is 38.5. The highest BCUT2D eigenvalue weighted by Gasteiger charge is 2.52. The van der Waals surface area contributed by atoms with Crippen molar-refractivity contribution >= 4 is 17.8 Å². The molecule has 2 N–H and O–H groups in total. The van der Waals surface area contributed by atoms with Gasteiger partial charge in [0.1, 0.15) is 12.1 Å². The molecule has 4 rings (SSSR count). The Bertz CT molecular complexity index is 868. The van der Waals surface area contributed by atoms with Crippen LogP contribution in [0.25, 0.3) is 0 Å². The molecule has 4 amide bonds. The molecule has 1 aliphatic heterocycles. The maximum Gasteiger partial charge on any atom is 0.325 e. The Balaban J connectivity index is 1.35. The smallest absolute Gasteiger partial charge is 0.325 e. The number of carbonyl (C=O) groups excluding carboxylic acids is 3. The number of imide groups is 1. The van der Waals surface area contributed by atoms with Crippen molar-refractivity contribution in [3.05, 3.63) is 71.8 Å². The molecule has 6 nitrogen and oxygen atoms in total. The summed E-state index contributed by atoms with van der Waals surface area (Å²) in [6.45, 7) is 0.232. The molecular formula is C24H27N3O3. The summed E-state index contributed by atoms with van der Waals surface area (Å²) < 4.78 is 0. The molecule has 30 heavy (non-hydrogen) atoms. The van der Waals surface area contributed by atoms with Crippen LogP contribution in [0.3, 0.4) is 0 Å². The first kappa shape index (κ1) is 20.1. The minimum Gasteiger partial charge on any atom is -0.355 e. The Morgan fingerprint density at radius 1 is 0.967 bits per heavy atom. The van der Waals surface area contributed by atoms with Gasteiger partial charge >= 0.3 is 6.03 Å². The van der Waals surface area contributed by atoms with Crippen molar-refractivity contribution in [1.82, 2.24) is 15.5 Å². The second-order valence-electron chi connectivity index (χ2n) is 8.12. The van der Waals surface area contributed by atoms with Crippen molar-refractivity contribution in [2.75, 3.05) is 13.1 Å². The molecule has 6 heteroatoms. The number of amides is 4. The Morgan fingerprint density at radius 3 is 2.10 bits per heavy atom. The average Bonchev–Trinajstić information content (AvgIpc) is 3.33. The van der Waals surface area contributed by atoms with Gasteiger partial charge in [-0.3, -0.25) is 14.5 Å². The molecule has 2 aromatic carbocycles. The minimum absolute atomic E-state index is 0.158. The van der Waals surface area contributed by atoms with Gasteiger partial charge in [-0.25, -0.2) is 4.79 Å². The number of carbonyl (C=O) groups is 3. The minimum atomic E-state index is -0.775. The van der Waals surface area contributed by atoms with Crippen LogP contribution in [0.15, 0.2) is 60.7 Å². The number of nitrogens with one attached hydrogen (secondary N) is 2. The van der Waals surface area contributed by atoms with Crippen molar-refractivity contribution in [3.63, 3.8) is 0 Å². The molecule has 0 radical (unpaired) electrons. The van der Waals surface area contributed by atoms with E-state index in [4.69, 9.17) is 0 Å². The van der Waals surface area contributed by atoms with Crippen LogP contribution in [-0.4, -0.2) is 41.4 Å². The highest BCUT2D eigenvalue weighted by molar-refractivity contribution is 6.09. The summed E-state index contributed by atoms with van der Waals surface area (Å²) in [5.41, 5.74) is 1.61. The lowest BCUT2D eigenvalue weighted by Crippen LogP contribution is -2.45. The lowest BCUT2D eigenvalue weighted by molar-refractivity contribution is -0.134. The van der Waals surface area contributed by atoms with Crippen LogP contribution < -0.4 is 10.6 Å². The predicted octanol–water partition coefficient (Wildman–Crippen LogP) is 3.19. The van der Waals surface area contributed by atoms with Crippen molar-refractivity contribution in [2.45, 2.75) is 43.6 Å². The van der Waals surface area contributed by atoms with E-state index in [1.807, 2.05) is 36.4 Å². The molecule has 2 fully saturated rings. The van der Waals surface area contributed by atoms with E-state index in [0.29, 0.717) is 19.4 Å². The fourth-order valence-electron chi connectivity index (χ4n) is 4.59. The average molecular weight is 405 g/mol. The first-order valence-electron chi connectivity index (χ1n) is 10.6. The monoisotopic (exact) mass is 405 g/mol. The predicted molar refractivity (Wildman–Crippen MR) is 114 cm³/mol. The van der Waals surface area contributed by atoms with Gasteiger partial charge in [0.15, 0.2) is 0 Å². The van der Waals surface area contributed by atoms with Gasteiger partial charge < -0.3 is 10.6 Å². The van der Waals surface area contributed by atoms with Crippen LogP contribution in [0.1, 0.15) is 49.1 Å². The van der Waals surface area contributed by atoms with Crippen LogP contribution in [0, 0.1) is 0 Å². The maximum atomic E-state index is 12.7.